The third kappa shape index (κ3) is 4.96. The van der Waals surface area contributed by atoms with Gasteiger partial charge in [-0.2, -0.15) is 0 Å². The molecule has 0 aromatic heterocycles. The number of carbonyl (C=O) groups is 3. The van der Waals surface area contributed by atoms with Crippen LogP contribution in [0.25, 0.3) is 0 Å². The average molecular weight is 466 g/mol. The van der Waals surface area contributed by atoms with E-state index in [1.165, 1.54) is 6.42 Å². The van der Waals surface area contributed by atoms with Crippen molar-refractivity contribution in [3.8, 4) is 0 Å². The minimum atomic E-state index is -0.565. The monoisotopic (exact) mass is 465 g/mol. The van der Waals surface area contributed by atoms with Crippen molar-refractivity contribution in [1.82, 2.24) is 5.32 Å². The normalized spacial score (nSPS) is 17.2. The van der Waals surface area contributed by atoms with Gasteiger partial charge in [-0.05, 0) is 60.7 Å². The molecule has 6 nitrogen and oxygen atoms in total. The van der Waals surface area contributed by atoms with Crippen LogP contribution in [0.5, 0.6) is 0 Å². The number of nitrogens with one attached hydrogen (secondary N) is 2. The van der Waals surface area contributed by atoms with Gasteiger partial charge in [-0.1, -0.05) is 56.8 Å². The molecule has 2 aromatic rings. The molecule has 0 bridgehead atoms. The molecule has 1 fully saturated rings. The van der Waals surface area contributed by atoms with E-state index >= 15 is 0 Å². The number of halogens is 1. The summed E-state index contributed by atoms with van der Waals surface area (Å²) < 4.78 is 0. The van der Waals surface area contributed by atoms with Crippen LogP contribution in [0.15, 0.2) is 59.3 Å². The number of imide groups is 1. The van der Waals surface area contributed by atoms with E-state index in [1.54, 1.807) is 36.4 Å². The number of rotatable bonds is 6. The lowest BCUT2D eigenvalue weighted by molar-refractivity contribution is -0.120. The molecule has 1 saturated carbocycles. The zero-order chi connectivity index (χ0) is 23.5. The summed E-state index contributed by atoms with van der Waals surface area (Å²) in [5.74, 6) is -0.837. The van der Waals surface area contributed by atoms with Crippen molar-refractivity contribution in [3.05, 3.63) is 70.4 Å². The number of benzene rings is 2. The van der Waals surface area contributed by atoms with Gasteiger partial charge in [0, 0.05) is 17.3 Å². The lowest BCUT2D eigenvalue weighted by atomic mass is 9.95. The third-order valence-corrected chi connectivity index (χ3v) is 6.55. The number of hydrogen-bond acceptors (Lipinski definition) is 4. The van der Waals surface area contributed by atoms with Crippen molar-refractivity contribution in [3.63, 3.8) is 0 Å². The molecule has 7 heteroatoms. The second-order valence-electron chi connectivity index (χ2n) is 8.89. The molecular formula is C26H28ClN3O3. The summed E-state index contributed by atoms with van der Waals surface area (Å²) >= 11 is 6.23. The maximum absolute atomic E-state index is 13.0. The average Bonchev–Trinajstić information content (AvgIpc) is 3.03. The Hall–Kier alpha value is -3.12. The fourth-order valence-electron chi connectivity index (χ4n) is 4.22. The number of anilines is 2. The predicted molar refractivity (Wildman–Crippen MR) is 130 cm³/mol. The van der Waals surface area contributed by atoms with E-state index in [2.05, 4.69) is 24.5 Å². The number of hydrogen-bond donors (Lipinski definition) is 2. The molecule has 0 atom stereocenters. The first-order valence-corrected chi connectivity index (χ1v) is 11.8. The Bertz CT molecular complexity index is 1080. The molecule has 1 heterocycles. The Kier molecular flexibility index (Phi) is 6.84. The van der Waals surface area contributed by atoms with E-state index in [0.29, 0.717) is 22.9 Å². The Balaban J connectivity index is 1.44. The van der Waals surface area contributed by atoms with Crippen LogP contribution in [0, 0.1) is 0 Å². The van der Waals surface area contributed by atoms with Crippen molar-refractivity contribution in [2.24, 2.45) is 0 Å². The molecular weight excluding hydrogens is 438 g/mol. The topological polar surface area (TPSA) is 78.5 Å². The van der Waals surface area contributed by atoms with E-state index in [0.717, 1.165) is 36.1 Å². The molecule has 2 N–H and O–H groups in total. The smallest absolute Gasteiger partial charge is 0.283 e. The molecule has 3 amide bonds. The van der Waals surface area contributed by atoms with Gasteiger partial charge < -0.3 is 10.6 Å². The molecule has 0 saturated heterocycles. The summed E-state index contributed by atoms with van der Waals surface area (Å²) in [6.07, 6.45) is 5.56. The van der Waals surface area contributed by atoms with Crippen molar-refractivity contribution in [2.75, 3.05) is 10.2 Å². The van der Waals surface area contributed by atoms with Gasteiger partial charge in [0.2, 0.25) is 0 Å². The van der Waals surface area contributed by atoms with Gasteiger partial charge in [0.05, 0.1) is 5.69 Å². The molecule has 0 radical (unpaired) electrons. The van der Waals surface area contributed by atoms with E-state index in [9.17, 15) is 14.4 Å². The summed E-state index contributed by atoms with van der Waals surface area (Å²) in [5, 5.41) is 5.88. The van der Waals surface area contributed by atoms with Crippen molar-refractivity contribution < 1.29 is 14.4 Å². The van der Waals surface area contributed by atoms with Gasteiger partial charge >= 0.3 is 0 Å². The lowest BCUT2D eigenvalue weighted by Crippen LogP contribution is -2.36. The van der Waals surface area contributed by atoms with Crippen molar-refractivity contribution in [2.45, 2.75) is 57.9 Å². The molecule has 4 rings (SSSR count). The van der Waals surface area contributed by atoms with Crippen LogP contribution in [0.3, 0.4) is 0 Å². The van der Waals surface area contributed by atoms with Crippen LogP contribution in [0.2, 0.25) is 0 Å². The van der Waals surface area contributed by atoms with Gasteiger partial charge in [-0.25, -0.2) is 4.90 Å². The summed E-state index contributed by atoms with van der Waals surface area (Å²) in [7, 11) is 0. The fourth-order valence-corrected chi connectivity index (χ4v) is 4.43. The second kappa shape index (κ2) is 9.79. The standard InChI is InChI=1S/C26H28ClN3O3/c1-16(2)17-10-14-21(15-11-17)30-25(32)22(27)23(26(30)33)28-20-12-8-18(9-13-20)24(31)29-19-6-4-3-5-7-19/h8-16,19,28H,3-7H2,1-2H3,(H,29,31). The van der Waals surface area contributed by atoms with Gasteiger partial charge in [0.1, 0.15) is 10.7 Å². The zero-order valence-electron chi connectivity index (χ0n) is 18.9. The highest BCUT2D eigenvalue weighted by atomic mass is 35.5. The van der Waals surface area contributed by atoms with E-state index in [-0.39, 0.29) is 22.7 Å². The Morgan fingerprint density at radius 2 is 1.58 bits per heavy atom. The van der Waals surface area contributed by atoms with Gasteiger partial charge in [0.15, 0.2) is 0 Å². The number of nitrogens with zero attached hydrogens (tertiary/aromatic N) is 1. The van der Waals surface area contributed by atoms with Gasteiger partial charge in [-0.3, -0.25) is 14.4 Å². The zero-order valence-corrected chi connectivity index (χ0v) is 19.6. The Morgan fingerprint density at radius 1 is 0.939 bits per heavy atom. The van der Waals surface area contributed by atoms with E-state index < -0.39 is 11.8 Å². The minimum Gasteiger partial charge on any atom is -0.350 e. The largest absolute Gasteiger partial charge is 0.350 e. The SMILES string of the molecule is CC(C)c1ccc(N2C(=O)C(Cl)=C(Nc3ccc(C(=O)NC4CCCCC4)cc3)C2=O)cc1. The van der Waals surface area contributed by atoms with Crippen LogP contribution in [-0.4, -0.2) is 23.8 Å². The highest BCUT2D eigenvalue weighted by Gasteiger charge is 2.39. The summed E-state index contributed by atoms with van der Waals surface area (Å²) in [6, 6.07) is 14.3. The highest BCUT2D eigenvalue weighted by Crippen LogP contribution is 2.31. The maximum Gasteiger partial charge on any atom is 0.283 e. The number of amides is 3. The van der Waals surface area contributed by atoms with Gasteiger partial charge in [-0.15, -0.1) is 0 Å². The first-order chi connectivity index (χ1) is 15.8. The molecule has 0 unspecified atom stereocenters. The summed E-state index contributed by atoms with van der Waals surface area (Å²) in [5.41, 5.74) is 2.72. The van der Waals surface area contributed by atoms with Crippen LogP contribution in [-0.2, 0) is 9.59 Å². The summed E-state index contributed by atoms with van der Waals surface area (Å²) in [4.78, 5) is 39.3. The fraction of sp³-hybridized carbons (Fsp3) is 0.346. The lowest BCUT2D eigenvalue weighted by Gasteiger charge is -2.22. The molecule has 2 aliphatic rings. The summed E-state index contributed by atoms with van der Waals surface area (Å²) in [6.45, 7) is 4.15. The number of carbonyl (C=O) groups excluding carboxylic acids is 3. The molecule has 0 spiro atoms. The van der Waals surface area contributed by atoms with Crippen LogP contribution < -0.4 is 15.5 Å². The third-order valence-electron chi connectivity index (χ3n) is 6.20. The van der Waals surface area contributed by atoms with E-state index in [4.69, 9.17) is 11.6 Å². The molecule has 2 aromatic carbocycles. The highest BCUT2D eigenvalue weighted by molar-refractivity contribution is 6.53. The predicted octanol–water partition coefficient (Wildman–Crippen LogP) is 5.31. The van der Waals surface area contributed by atoms with Gasteiger partial charge in [0.25, 0.3) is 17.7 Å². The molecule has 1 aliphatic heterocycles. The molecule has 1 aliphatic carbocycles. The first kappa shape index (κ1) is 23.1. The molecule has 33 heavy (non-hydrogen) atoms. The molecule has 172 valence electrons. The second-order valence-corrected chi connectivity index (χ2v) is 9.27. The van der Waals surface area contributed by atoms with E-state index in [1.807, 2.05) is 12.1 Å². The van der Waals surface area contributed by atoms with Crippen molar-refractivity contribution in [1.29, 1.82) is 0 Å². The van der Waals surface area contributed by atoms with Crippen LogP contribution >= 0.6 is 11.6 Å². The first-order valence-electron chi connectivity index (χ1n) is 11.4. The Labute approximate surface area is 199 Å². The maximum atomic E-state index is 13.0. The Morgan fingerprint density at radius 3 is 2.18 bits per heavy atom. The van der Waals surface area contributed by atoms with Crippen LogP contribution in [0.4, 0.5) is 11.4 Å². The van der Waals surface area contributed by atoms with Crippen molar-refractivity contribution >= 4 is 40.7 Å². The quantitative estimate of drug-likeness (QED) is 0.567. The van der Waals surface area contributed by atoms with Crippen LogP contribution in [0.1, 0.15) is 67.8 Å². The minimum absolute atomic E-state index is 0.0222.